The number of allylic oxidation sites excluding steroid dienone is 1. The minimum absolute atomic E-state index is 0.00327. The maximum Gasteiger partial charge on any atom is 0.319 e. The van der Waals surface area contributed by atoms with Crippen molar-refractivity contribution < 1.29 is 23.8 Å². The van der Waals surface area contributed by atoms with Crippen molar-refractivity contribution in [3.63, 3.8) is 0 Å². The predicted molar refractivity (Wildman–Crippen MR) is 202 cm³/mol. The zero-order valence-electron chi connectivity index (χ0n) is 31.4. The number of para-hydroxylation sites is 1. The molecule has 3 saturated heterocycles. The van der Waals surface area contributed by atoms with Crippen molar-refractivity contribution in [2.45, 2.75) is 75.8 Å². The number of nitrogens with zero attached hydrogens (tertiary/aromatic N) is 2. The molecule has 4 aliphatic heterocycles. The Kier molecular flexibility index (Phi) is 8.12. The van der Waals surface area contributed by atoms with Gasteiger partial charge in [0.2, 0.25) is 0 Å². The van der Waals surface area contributed by atoms with Gasteiger partial charge >= 0.3 is 11.9 Å². The predicted octanol–water partition coefficient (Wildman–Crippen LogP) is 6.49. The minimum atomic E-state index is -0.756. The fraction of sp³-hybridized carbons (Fsp3) is 0.535. The van der Waals surface area contributed by atoms with E-state index in [4.69, 9.17) is 14.2 Å². The van der Waals surface area contributed by atoms with Gasteiger partial charge in [-0.15, -0.1) is 0 Å². The van der Waals surface area contributed by atoms with E-state index < -0.39 is 5.41 Å². The zero-order chi connectivity index (χ0) is 36.1. The number of piperidine rings is 3. The second-order valence-corrected chi connectivity index (χ2v) is 16.3. The van der Waals surface area contributed by atoms with Gasteiger partial charge in [-0.2, -0.15) is 0 Å². The summed E-state index contributed by atoms with van der Waals surface area (Å²) in [7, 11) is 7.00. The molecule has 274 valence electrons. The van der Waals surface area contributed by atoms with Gasteiger partial charge in [-0.05, 0) is 93.2 Å². The molecule has 0 spiro atoms. The molecule has 4 fully saturated rings. The summed E-state index contributed by atoms with van der Waals surface area (Å²) in [6.07, 6.45) is 7.52. The summed E-state index contributed by atoms with van der Waals surface area (Å²) in [6, 6.07) is 12.9. The highest BCUT2D eigenvalue weighted by atomic mass is 16.5. The summed E-state index contributed by atoms with van der Waals surface area (Å²) >= 11 is 0. The van der Waals surface area contributed by atoms with Crippen LogP contribution in [0.3, 0.4) is 0 Å². The second kappa shape index (κ2) is 12.5. The number of likely N-dealkylation sites (N-methyl/N-ethyl adjacent to an activating group) is 1. The zero-order valence-corrected chi connectivity index (χ0v) is 31.4. The molecule has 2 aromatic carbocycles. The summed E-state index contributed by atoms with van der Waals surface area (Å²) in [5.74, 6) is 1.00. The third-order valence-corrected chi connectivity index (χ3v) is 14.2. The van der Waals surface area contributed by atoms with Gasteiger partial charge in [-0.3, -0.25) is 19.4 Å². The largest absolute Gasteiger partial charge is 0.496 e. The van der Waals surface area contributed by atoms with Crippen LogP contribution >= 0.6 is 0 Å². The standard InChI is InChI=1S/C43H52N4O5/c1-7-24-17-23-20-43(42(49)52-6)39-27(15-16-47(21-23)40(24)43)35-32(45-39)13-14-34(50-4)37(35)30-18-28-25(8-2)22-46(3)33(36(28)41(48)51-5)19-29-26-11-9-10-12-31(26)44-38(29)30/h8-14,23-24,28,30,33,36,40,44-45H,7,15-22H2,1-6H3. The van der Waals surface area contributed by atoms with Crippen LogP contribution in [0, 0.1) is 23.7 Å². The van der Waals surface area contributed by atoms with Gasteiger partial charge in [0.15, 0.2) is 0 Å². The molecule has 9 unspecified atom stereocenters. The molecule has 2 aliphatic carbocycles. The van der Waals surface area contributed by atoms with Gasteiger partial charge in [0.05, 0.1) is 27.2 Å². The summed E-state index contributed by atoms with van der Waals surface area (Å²) < 4.78 is 17.7. The van der Waals surface area contributed by atoms with Crippen molar-refractivity contribution in [3.05, 3.63) is 76.1 Å². The summed E-state index contributed by atoms with van der Waals surface area (Å²) in [6.45, 7) is 7.13. The molecule has 0 amide bonds. The van der Waals surface area contributed by atoms with Crippen molar-refractivity contribution in [1.29, 1.82) is 0 Å². The third-order valence-electron chi connectivity index (χ3n) is 14.2. The SMILES string of the molecule is CC=C1CN(C)C2Cc3c([nH]c4ccccc34)C(c3c(OC)ccc4[nH]c5c(c34)CCN3CC4CC(CC)C3C5(C(=O)OC)C4)CC1C2C(=O)OC. The van der Waals surface area contributed by atoms with Crippen LogP contribution in [0.4, 0.5) is 0 Å². The summed E-state index contributed by atoms with van der Waals surface area (Å²) in [5, 5.41) is 2.35. The molecule has 6 bridgehead atoms. The van der Waals surface area contributed by atoms with Gasteiger partial charge in [0.25, 0.3) is 0 Å². The number of carbonyl (C=O) groups is 2. The quantitative estimate of drug-likeness (QED) is 0.181. The fourth-order valence-corrected chi connectivity index (χ4v) is 12.2. The minimum Gasteiger partial charge on any atom is -0.496 e. The number of methoxy groups -OCH3 is 3. The summed E-state index contributed by atoms with van der Waals surface area (Å²) in [4.78, 5) is 41.1. The maximum absolute atomic E-state index is 14.4. The highest BCUT2D eigenvalue weighted by Gasteiger charge is 2.63. The number of hydrogen-bond acceptors (Lipinski definition) is 7. The molecule has 9 atom stereocenters. The van der Waals surface area contributed by atoms with Crippen molar-refractivity contribution in [3.8, 4) is 5.75 Å². The fourth-order valence-electron chi connectivity index (χ4n) is 12.2. The van der Waals surface area contributed by atoms with E-state index in [1.54, 1.807) is 14.2 Å². The lowest BCUT2D eigenvalue weighted by Gasteiger charge is -2.57. The molecule has 9 nitrogen and oxygen atoms in total. The van der Waals surface area contributed by atoms with Gasteiger partial charge in [-0.25, -0.2) is 0 Å². The number of ether oxygens (including phenoxy) is 3. The maximum atomic E-state index is 14.4. The Morgan fingerprint density at radius 2 is 1.85 bits per heavy atom. The Bertz CT molecular complexity index is 2110. The number of fused-ring (bicyclic) bond motifs is 9. The van der Waals surface area contributed by atoms with E-state index in [9.17, 15) is 9.59 Å². The van der Waals surface area contributed by atoms with Crippen LogP contribution in [0.1, 0.15) is 73.5 Å². The normalized spacial score (nSPS) is 33.2. The van der Waals surface area contributed by atoms with Crippen molar-refractivity contribution in [2.24, 2.45) is 23.7 Å². The van der Waals surface area contributed by atoms with Crippen LogP contribution in [-0.2, 0) is 37.3 Å². The van der Waals surface area contributed by atoms with Gasteiger partial charge in [0.1, 0.15) is 11.2 Å². The molecule has 0 radical (unpaired) electrons. The van der Waals surface area contributed by atoms with Crippen LogP contribution in [0.5, 0.6) is 5.75 Å². The first-order chi connectivity index (χ1) is 25.3. The number of benzene rings is 2. The molecule has 2 aromatic heterocycles. The molecule has 10 rings (SSSR count). The Morgan fingerprint density at radius 1 is 1.02 bits per heavy atom. The van der Waals surface area contributed by atoms with Crippen LogP contribution < -0.4 is 4.74 Å². The average Bonchev–Trinajstić information content (AvgIpc) is 3.70. The number of H-pyrrole nitrogens is 2. The second-order valence-electron chi connectivity index (χ2n) is 16.3. The van der Waals surface area contributed by atoms with E-state index in [-0.39, 0.29) is 41.8 Å². The number of aromatic nitrogens is 2. The number of aromatic amines is 2. The lowest BCUT2D eigenvalue weighted by molar-refractivity contribution is -0.162. The Balaban J connectivity index is 1.34. The van der Waals surface area contributed by atoms with E-state index in [0.29, 0.717) is 11.8 Å². The smallest absolute Gasteiger partial charge is 0.319 e. The van der Waals surface area contributed by atoms with E-state index in [1.165, 1.54) is 41.3 Å². The number of likely N-dealkylation sites (tertiary alicyclic amines) is 1. The molecular weight excluding hydrogens is 652 g/mol. The molecule has 4 aromatic rings. The Labute approximate surface area is 306 Å². The van der Waals surface area contributed by atoms with E-state index in [1.807, 2.05) is 0 Å². The monoisotopic (exact) mass is 704 g/mol. The highest BCUT2D eigenvalue weighted by molar-refractivity contribution is 5.96. The molecular formula is C43H52N4O5. The average molecular weight is 705 g/mol. The Morgan fingerprint density at radius 3 is 2.60 bits per heavy atom. The van der Waals surface area contributed by atoms with E-state index in [0.717, 1.165) is 85.2 Å². The van der Waals surface area contributed by atoms with E-state index >= 15 is 0 Å². The first kappa shape index (κ1) is 33.7. The first-order valence-electron chi connectivity index (χ1n) is 19.3. The molecule has 6 aliphatic rings. The lowest BCUT2D eigenvalue weighted by atomic mass is 9.56. The number of rotatable bonds is 5. The van der Waals surface area contributed by atoms with Gasteiger partial charge < -0.3 is 24.2 Å². The van der Waals surface area contributed by atoms with Crippen molar-refractivity contribution >= 4 is 33.7 Å². The lowest BCUT2D eigenvalue weighted by Crippen LogP contribution is -2.67. The molecule has 1 saturated carbocycles. The van der Waals surface area contributed by atoms with E-state index in [2.05, 4.69) is 83.1 Å². The van der Waals surface area contributed by atoms with Crippen LogP contribution in [0.25, 0.3) is 21.8 Å². The van der Waals surface area contributed by atoms with Crippen LogP contribution in [0.2, 0.25) is 0 Å². The number of carbonyl (C=O) groups excluding carboxylic acids is 2. The van der Waals surface area contributed by atoms with Gasteiger partial charge in [0, 0.05) is 76.4 Å². The molecule has 6 heterocycles. The number of esters is 2. The Hall–Kier alpha value is -4.08. The van der Waals surface area contributed by atoms with Crippen LogP contribution in [-0.4, -0.2) is 91.8 Å². The van der Waals surface area contributed by atoms with Crippen molar-refractivity contribution in [1.82, 2.24) is 19.8 Å². The molecule has 9 heteroatoms. The summed E-state index contributed by atoms with van der Waals surface area (Å²) in [5.41, 5.74) is 8.48. The first-order valence-corrected chi connectivity index (χ1v) is 19.3. The van der Waals surface area contributed by atoms with Crippen LogP contribution in [0.15, 0.2) is 48.0 Å². The molecule has 52 heavy (non-hydrogen) atoms. The topological polar surface area (TPSA) is 99.9 Å². The highest BCUT2D eigenvalue weighted by Crippen LogP contribution is 2.57. The number of hydrogen-bond donors (Lipinski definition) is 2. The number of nitrogens with one attached hydrogen (secondary N) is 2. The van der Waals surface area contributed by atoms with Gasteiger partial charge in [-0.1, -0.05) is 43.2 Å². The third kappa shape index (κ3) is 4.60. The van der Waals surface area contributed by atoms with Crippen molar-refractivity contribution in [2.75, 3.05) is 48.0 Å². The molecule has 2 N–H and O–H groups in total.